The van der Waals surface area contributed by atoms with E-state index < -0.39 is 0 Å². The van der Waals surface area contributed by atoms with Crippen molar-refractivity contribution >= 4 is 21.1 Å². The van der Waals surface area contributed by atoms with Crippen LogP contribution in [-0.4, -0.2) is 21.1 Å². The summed E-state index contributed by atoms with van der Waals surface area (Å²) in [6.45, 7) is 7.30. The van der Waals surface area contributed by atoms with Crippen molar-refractivity contribution in [2.45, 2.75) is 8.87 Å². The third-order valence-electron chi connectivity index (χ3n) is 0.816. The Bertz CT molecular complexity index is 49.2. The van der Waals surface area contributed by atoms with E-state index in [-0.39, 0.29) is 21.1 Å². The van der Waals surface area contributed by atoms with Crippen LogP contribution in [0.1, 0.15) is 0 Å². The molecule has 1 heteroatoms. The zero-order chi connectivity index (χ0) is 5.54. The van der Waals surface area contributed by atoms with Gasteiger partial charge in [0.15, 0.2) is 0 Å². The van der Waals surface area contributed by atoms with Crippen molar-refractivity contribution in [3.05, 3.63) is 25.3 Å². The summed E-state index contributed by atoms with van der Waals surface area (Å²) in [5, 5.41) is 0. The maximum atomic E-state index is 3.65. The molecule has 0 aromatic rings. The summed E-state index contributed by atoms with van der Waals surface area (Å²) in [4.78, 5) is 0. The van der Waals surface area contributed by atoms with Crippen molar-refractivity contribution in [1.29, 1.82) is 0 Å². The van der Waals surface area contributed by atoms with Gasteiger partial charge in [-0.25, -0.2) is 0 Å². The fraction of sp³-hybridized carbons (Fsp3) is 0.333. The Kier molecular flexibility index (Phi) is 6.53. The van der Waals surface area contributed by atoms with Gasteiger partial charge in [0.05, 0.1) is 0 Å². The molecule has 0 N–H and O–H groups in total. The summed E-state index contributed by atoms with van der Waals surface area (Å²) in [5.74, 6) is 0. The average Bonchev–Trinajstić information content (AvgIpc) is 1.69. The maximum absolute atomic E-state index is 3.65. The third-order valence-corrected chi connectivity index (χ3v) is 5.48. The van der Waals surface area contributed by atoms with E-state index in [0.717, 1.165) is 0 Å². The van der Waals surface area contributed by atoms with Crippen molar-refractivity contribution in [1.82, 2.24) is 0 Å². The Labute approximate surface area is 55.5 Å². The van der Waals surface area contributed by atoms with E-state index >= 15 is 0 Å². The monoisotopic (exact) mass is 204 g/mol. The van der Waals surface area contributed by atoms with Gasteiger partial charge in [0.25, 0.3) is 0 Å². The van der Waals surface area contributed by atoms with Gasteiger partial charge in [-0.1, -0.05) is 0 Å². The minimum atomic E-state index is -0.350. The number of hydrogen-bond donors (Lipinski definition) is 0. The first-order chi connectivity index (χ1) is 3.41. The standard InChI is InChI=1S/2C3H5.Sn.2H/c2*1-3-2;;;/h2*3H,1-2H2;;;. The molecule has 0 unspecified atom stereocenters. The van der Waals surface area contributed by atoms with Gasteiger partial charge in [0.1, 0.15) is 0 Å². The SMILES string of the molecule is C=C[CH2][SnH2][CH2]C=C. The van der Waals surface area contributed by atoms with Crippen molar-refractivity contribution < 1.29 is 0 Å². The van der Waals surface area contributed by atoms with Crippen LogP contribution in [0.15, 0.2) is 25.3 Å². The molecule has 0 fully saturated rings. The van der Waals surface area contributed by atoms with Gasteiger partial charge in [0, 0.05) is 0 Å². The molecule has 0 radical (unpaired) electrons. The molecule has 0 aliphatic rings. The molecule has 0 heterocycles. The van der Waals surface area contributed by atoms with E-state index in [9.17, 15) is 0 Å². The summed E-state index contributed by atoms with van der Waals surface area (Å²) >= 11 is -0.350. The van der Waals surface area contributed by atoms with Gasteiger partial charge in [0.2, 0.25) is 0 Å². The Morgan fingerprint density at radius 1 is 1.14 bits per heavy atom. The summed E-state index contributed by atoms with van der Waals surface area (Å²) in [7, 11) is 0. The van der Waals surface area contributed by atoms with Crippen molar-refractivity contribution in [3.8, 4) is 0 Å². The van der Waals surface area contributed by atoms with Gasteiger partial charge in [-0.15, -0.1) is 0 Å². The normalized spacial score (nSPS) is 8.00. The van der Waals surface area contributed by atoms with Crippen LogP contribution in [0.4, 0.5) is 0 Å². The Morgan fingerprint density at radius 2 is 1.57 bits per heavy atom. The van der Waals surface area contributed by atoms with Crippen LogP contribution in [0.5, 0.6) is 0 Å². The van der Waals surface area contributed by atoms with E-state index in [1.54, 1.807) is 0 Å². The fourth-order valence-electron chi connectivity index (χ4n) is 0.407. The summed E-state index contributed by atoms with van der Waals surface area (Å²) in [6.07, 6.45) is 4.05. The summed E-state index contributed by atoms with van der Waals surface area (Å²) < 4.78 is 2.65. The zero-order valence-corrected chi connectivity index (χ0v) is 8.73. The van der Waals surface area contributed by atoms with Crippen LogP contribution < -0.4 is 0 Å². The number of hydrogen-bond acceptors (Lipinski definition) is 0. The third kappa shape index (κ3) is 6.28. The first-order valence-electron chi connectivity index (χ1n) is 2.63. The zero-order valence-electron chi connectivity index (χ0n) is 4.69. The van der Waals surface area contributed by atoms with Crippen LogP contribution in [0.25, 0.3) is 0 Å². The molecule has 0 amide bonds. The molecule has 0 aromatic heterocycles. The Balaban J connectivity index is 2.68. The van der Waals surface area contributed by atoms with E-state index in [2.05, 4.69) is 13.2 Å². The van der Waals surface area contributed by atoms with E-state index in [0.29, 0.717) is 0 Å². The van der Waals surface area contributed by atoms with Crippen LogP contribution in [0.2, 0.25) is 8.87 Å². The van der Waals surface area contributed by atoms with Gasteiger partial charge < -0.3 is 0 Å². The van der Waals surface area contributed by atoms with Crippen LogP contribution >= 0.6 is 0 Å². The average molecular weight is 203 g/mol. The molecular formula is C6H12Sn. The predicted octanol–water partition coefficient (Wildman–Crippen LogP) is 1.36. The van der Waals surface area contributed by atoms with Crippen LogP contribution in [0.3, 0.4) is 0 Å². The predicted molar refractivity (Wildman–Crippen MR) is 38.6 cm³/mol. The first kappa shape index (κ1) is 7.28. The van der Waals surface area contributed by atoms with Crippen molar-refractivity contribution in [3.63, 3.8) is 0 Å². The summed E-state index contributed by atoms with van der Waals surface area (Å²) in [5.41, 5.74) is 0. The Hall–Kier alpha value is 0.279. The number of rotatable bonds is 4. The van der Waals surface area contributed by atoms with Gasteiger partial charge in [-0.05, 0) is 0 Å². The molecule has 0 rings (SSSR count). The molecule has 0 aromatic carbocycles. The minimum absolute atomic E-state index is 0.350. The Morgan fingerprint density at radius 3 is 1.86 bits per heavy atom. The molecule has 7 heavy (non-hydrogen) atoms. The molecule has 0 saturated heterocycles. The van der Waals surface area contributed by atoms with Crippen molar-refractivity contribution in [2.24, 2.45) is 0 Å². The fourth-order valence-corrected chi connectivity index (χ4v) is 2.73. The molecule has 40 valence electrons. The van der Waals surface area contributed by atoms with Gasteiger partial charge in [-0.3, -0.25) is 0 Å². The van der Waals surface area contributed by atoms with Crippen LogP contribution in [-0.2, 0) is 0 Å². The molecular weight excluding hydrogens is 191 g/mol. The molecule has 0 bridgehead atoms. The van der Waals surface area contributed by atoms with E-state index in [1.165, 1.54) is 8.87 Å². The van der Waals surface area contributed by atoms with Gasteiger partial charge >= 0.3 is 55.3 Å². The van der Waals surface area contributed by atoms with Crippen LogP contribution in [0, 0.1) is 0 Å². The molecule has 0 nitrogen and oxygen atoms in total. The number of allylic oxidation sites excluding steroid dienone is 2. The topological polar surface area (TPSA) is 0 Å². The van der Waals surface area contributed by atoms with Crippen molar-refractivity contribution in [2.75, 3.05) is 0 Å². The summed E-state index contributed by atoms with van der Waals surface area (Å²) in [6, 6.07) is 0. The molecule has 0 saturated carbocycles. The second-order valence-corrected chi connectivity index (χ2v) is 6.82. The molecule has 0 atom stereocenters. The molecule has 0 aliphatic carbocycles. The van der Waals surface area contributed by atoms with E-state index in [1.807, 2.05) is 12.2 Å². The van der Waals surface area contributed by atoms with E-state index in [4.69, 9.17) is 0 Å². The van der Waals surface area contributed by atoms with Gasteiger partial charge in [-0.2, -0.15) is 0 Å². The quantitative estimate of drug-likeness (QED) is 0.367. The molecule has 0 aliphatic heterocycles. The first-order valence-corrected chi connectivity index (χ1v) is 8.34. The second-order valence-electron chi connectivity index (χ2n) is 1.51. The molecule has 0 spiro atoms. The second kappa shape index (κ2) is 6.28.